The second-order valence-corrected chi connectivity index (χ2v) is 9.40. The third kappa shape index (κ3) is 4.79. The van der Waals surface area contributed by atoms with Gasteiger partial charge >= 0.3 is 0 Å². The molecule has 5 heteroatoms. The Hall–Kier alpha value is -2.50. The first-order valence-corrected chi connectivity index (χ1v) is 11.5. The molecule has 30 heavy (non-hydrogen) atoms. The van der Waals surface area contributed by atoms with Crippen molar-refractivity contribution in [1.82, 2.24) is 15.2 Å². The Kier molecular flexibility index (Phi) is 6.30. The number of thiophene rings is 1. The van der Waals surface area contributed by atoms with Gasteiger partial charge in [-0.15, -0.1) is 0 Å². The van der Waals surface area contributed by atoms with Crippen molar-refractivity contribution < 1.29 is 4.79 Å². The predicted octanol–water partition coefficient (Wildman–Crippen LogP) is 4.77. The third-order valence-corrected chi connectivity index (χ3v) is 6.50. The van der Waals surface area contributed by atoms with E-state index in [2.05, 4.69) is 62.4 Å². The topological polar surface area (TPSA) is 45.2 Å². The SMILES string of the molecule is CC(C)NC(=O)[C@]1(Cc2ccc(-c3ccsc3)cc2)CCN(Cc2cccnc2)C1. The number of rotatable bonds is 7. The smallest absolute Gasteiger partial charge is 0.228 e. The van der Waals surface area contributed by atoms with Crippen LogP contribution in [0.2, 0.25) is 0 Å². The molecule has 2 aromatic heterocycles. The highest BCUT2D eigenvalue weighted by Gasteiger charge is 2.44. The molecule has 156 valence electrons. The second kappa shape index (κ2) is 9.11. The third-order valence-electron chi connectivity index (χ3n) is 5.81. The lowest BCUT2D eigenvalue weighted by Gasteiger charge is -2.30. The summed E-state index contributed by atoms with van der Waals surface area (Å²) in [5.41, 5.74) is 4.50. The van der Waals surface area contributed by atoms with E-state index in [-0.39, 0.29) is 11.9 Å². The number of hydrogen-bond acceptors (Lipinski definition) is 4. The first-order valence-electron chi connectivity index (χ1n) is 10.6. The summed E-state index contributed by atoms with van der Waals surface area (Å²) in [6.07, 6.45) is 5.35. The summed E-state index contributed by atoms with van der Waals surface area (Å²) in [5.74, 6) is 0.174. The summed E-state index contributed by atoms with van der Waals surface area (Å²) in [5, 5.41) is 7.45. The van der Waals surface area contributed by atoms with Crippen molar-refractivity contribution in [2.75, 3.05) is 13.1 Å². The summed E-state index contributed by atoms with van der Waals surface area (Å²) in [7, 11) is 0. The Morgan fingerprint density at radius 3 is 2.67 bits per heavy atom. The Morgan fingerprint density at radius 1 is 1.17 bits per heavy atom. The van der Waals surface area contributed by atoms with E-state index >= 15 is 0 Å². The molecular formula is C25H29N3OS. The molecule has 0 bridgehead atoms. The molecule has 1 N–H and O–H groups in total. The summed E-state index contributed by atoms with van der Waals surface area (Å²) in [6, 6.07) is 15.1. The zero-order valence-electron chi connectivity index (χ0n) is 17.7. The molecule has 1 atom stereocenters. The van der Waals surface area contributed by atoms with Gasteiger partial charge in [-0.05, 0) is 78.4 Å². The number of nitrogens with zero attached hydrogens (tertiary/aromatic N) is 2. The number of aromatic nitrogens is 1. The Bertz CT molecular complexity index is 954. The lowest BCUT2D eigenvalue weighted by Crippen LogP contribution is -2.46. The van der Waals surface area contributed by atoms with E-state index in [0.29, 0.717) is 0 Å². The fraction of sp³-hybridized carbons (Fsp3) is 0.360. The average molecular weight is 420 g/mol. The number of carbonyl (C=O) groups excluding carboxylic acids is 1. The average Bonchev–Trinajstić information content (AvgIpc) is 3.40. The van der Waals surface area contributed by atoms with Crippen molar-refractivity contribution >= 4 is 17.2 Å². The van der Waals surface area contributed by atoms with Crippen LogP contribution in [0, 0.1) is 5.41 Å². The Morgan fingerprint density at radius 2 is 2.00 bits per heavy atom. The lowest BCUT2D eigenvalue weighted by molar-refractivity contribution is -0.131. The minimum absolute atomic E-state index is 0.141. The highest BCUT2D eigenvalue weighted by molar-refractivity contribution is 7.08. The zero-order chi connectivity index (χ0) is 21.0. The van der Waals surface area contributed by atoms with Crippen LogP contribution in [0.25, 0.3) is 11.1 Å². The van der Waals surface area contributed by atoms with Crippen molar-refractivity contribution in [2.45, 2.75) is 39.3 Å². The maximum absolute atomic E-state index is 13.3. The van der Waals surface area contributed by atoms with Crippen molar-refractivity contribution in [3.05, 3.63) is 76.7 Å². The van der Waals surface area contributed by atoms with Crippen molar-refractivity contribution in [2.24, 2.45) is 5.41 Å². The summed E-state index contributed by atoms with van der Waals surface area (Å²) >= 11 is 1.71. The number of amides is 1. The lowest BCUT2D eigenvalue weighted by atomic mass is 9.79. The molecule has 0 radical (unpaired) electrons. The van der Waals surface area contributed by atoms with Gasteiger partial charge in [0.15, 0.2) is 0 Å². The van der Waals surface area contributed by atoms with Gasteiger partial charge < -0.3 is 5.32 Å². The van der Waals surface area contributed by atoms with E-state index in [9.17, 15) is 4.79 Å². The number of carbonyl (C=O) groups is 1. The van der Waals surface area contributed by atoms with Crippen molar-refractivity contribution in [3.63, 3.8) is 0 Å². The minimum atomic E-state index is -0.392. The molecule has 0 spiro atoms. The largest absolute Gasteiger partial charge is 0.353 e. The molecule has 1 aliphatic heterocycles. The van der Waals surface area contributed by atoms with Gasteiger partial charge in [0.1, 0.15) is 0 Å². The Balaban J connectivity index is 1.52. The summed E-state index contributed by atoms with van der Waals surface area (Å²) < 4.78 is 0. The van der Waals surface area contributed by atoms with Gasteiger partial charge in [0, 0.05) is 31.5 Å². The van der Waals surface area contributed by atoms with Crippen LogP contribution < -0.4 is 5.32 Å². The molecule has 1 saturated heterocycles. The van der Waals surface area contributed by atoms with Crippen LogP contribution in [-0.4, -0.2) is 34.9 Å². The van der Waals surface area contributed by atoms with Crippen molar-refractivity contribution in [1.29, 1.82) is 0 Å². The molecule has 1 fully saturated rings. The van der Waals surface area contributed by atoms with E-state index in [4.69, 9.17) is 0 Å². The van der Waals surface area contributed by atoms with Crippen molar-refractivity contribution in [3.8, 4) is 11.1 Å². The van der Waals surface area contributed by atoms with Crippen LogP contribution in [0.15, 0.2) is 65.6 Å². The van der Waals surface area contributed by atoms with Crippen LogP contribution in [0.5, 0.6) is 0 Å². The summed E-state index contributed by atoms with van der Waals surface area (Å²) in [4.78, 5) is 19.9. The Labute approximate surface area is 183 Å². The van der Waals surface area contributed by atoms with Gasteiger partial charge in [-0.1, -0.05) is 30.3 Å². The number of benzene rings is 1. The van der Waals surface area contributed by atoms with E-state index in [0.717, 1.165) is 32.5 Å². The van der Waals surface area contributed by atoms with E-state index in [1.165, 1.54) is 22.3 Å². The van der Waals surface area contributed by atoms with Gasteiger partial charge in [-0.25, -0.2) is 0 Å². The number of likely N-dealkylation sites (tertiary alicyclic amines) is 1. The van der Waals surface area contributed by atoms with Crippen LogP contribution in [0.4, 0.5) is 0 Å². The fourth-order valence-electron chi connectivity index (χ4n) is 4.30. The molecule has 3 aromatic rings. The maximum atomic E-state index is 13.3. The highest BCUT2D eigenvalue weighted by atomic mass is 32.1. The quantitative estimate of drug-likeness (QED) is 0.600. The molecule has 0 saturated carbocycles. The molecule has 4 rings (SSSR count). The van der Waals surface area contributed by atoms with Crippen LogP contribution in [-0.2, 0) is 17.8 Å². The fourth-order valence-corrected chi connectivity index (χ4v) is 4.97. The van der Waals surface area contributed by atoms with Gasteiger partial charge in [0.25, 0.3) is 0 Å². The van der Waals surface area contributed by atoms with E-state index in [1.54, 1.807) is 17.5 Å². The molecular weight excluding hydrogens is 390 g/mol. The second-order valence-electron chi connectivity index (χ2n) is 8.62. The van der Waals surface area contributed by atoms with Crippen LogP contribution in [0.3, 0.4) is 0 Å². The standard InChI is InChI=1S/C25H29N3OS/c1-19(2)27-24(29)25(10-12-28(18-25)16-21-4-3-11-26-15-21)14-20-5-7-22(8-6-20)23-9-13-30-17-23/h3-9,11,13,15,17,19H,10,12,14,16,18H2,1-2H3,(H,27,29)/t25-/m0/s1. The molecule has 1 amide bonds. The monoisotopic (exact) mass is 419 g/mol. The van der Waals surface area contributed by atoms with Gasteiger partial charge in [0.05, 0.1) is 5.41 Å². The first-order chi connectivity index (χ1) is 14.5. The molecule has 0 aliphatic carbocycles. The molecule has 4 nitrogen and oxygen atoms in total. The number of hydrogen-bond donors (Lipinski definition) is 1. The van der Waals surface area contributed by atoms with E-state index < -0.39 is 5.41 Å². The van der Waals surface area contributed by atoms with Crippen LogP contribution >= 0.6 is 11.3 Å². The van der Waals surface area contributed by atoms with Crippen LogP contribution in [0.1, 0.15) is 31.4 Å². The van der Waals surface area contributed by atoms with Gasteiger partial charge in [0.2, 0.25) is 5.91 Å². The molecule has 1 aromatic carbocycles. The number of pyridine rings is 1. The normalized spacial score (nSPS) is 19.3. The predicted molar refractivity (Wildman–Crippen MR) is 123 cm³/mol. The maximum Gasteiger partial charge on any atom is 0.228 e. The van der Waals surface area contributed by atoms with Gasteiger partial charge in [-0.2, -0.15) is 11.3 Å². The summed E-state index contributed by atoms with van der Waals surface area (Å²) in [6.45, 7) is 6.59. The first kappa shape index (κ1) is 20.8. The van der Waals surface area contributed by atoms with E-state index in [1.807, 2.05) is 26.1 Å². The minimum Gasteiger partial charge on any atom is -0.353 e. The van der Waals surface area contributed by atoms with Gasteiger partial charge in [-0.3, -0.25) is 14.7 Å². The highest BCUT2D eigenvalue weighted by Crippen LogP contribution is 2.36. The molecule has 0 unspecified atom stereocenters. The molecule has 3 heterocycles. The number of nitrogens with one attached hydrogen (secondary N) is 1. The zero-order valence-corrected chi connectivity index (χ0v) is 18.5. The molecule has 1 aliphatic rings.